The molecular weight excluding hydrogens is 359 g/mol. The van der Waals surface area contributed by atoms with Crippen molar-refractivity contribution in [2.75, 3.05) is 6.54 Å². The maximum absolute atomic E-state index is 12.7. The Labute approximate surface area is 135 Å². The highest BCUT2D eigenvalue weighted by Gasteiger charge is 2.30. The van der Waals surface area contributed by atoms with Gasteiger partial charge in [-0.25, -0.2) is 0 Å². The Morgan fingerprint density at radius 3 is 2.55 bits per heavy atom. The minimum Gasteiger partial charge on any atom is -0.489 e. The van der Waals surface area contributed by atoms with Crippen LogP contribution in [0.5, 0.6) is 5.75 Å². The van der Waals surface area contributed by atoms with Gasteiger partial charge in [0.2, 0.25) is 0 Å². The first-order valence-corrected chi connectivity index (χ1v) is 7.47. The van der Waals surface area contributed by atoms with Gasteiger partial charge in [-0.3, -0.25) is 0 Å². The molecule has 2 aromatic carbocycles. The average molecular weight is 374 g/mol. The molecule has 2 N–H and O–H groups in total. The summed E-state index contributed by atoms with van der Waals surface area (Å²) in [7, 11) is 0. The van der Waals surface area contributed by atoms with Gasteiger partial charge in [-0.15, -0.1) is 0 Å². The zero-order valence-electron chi connectivity index (χ0n) is 11.7. The van der Waals surface area contributed by atoms with Crippen molar-refractivity contribution in [1.29, 1.82) is 0 Å². The number of rotatable bonds is 5. The van der Waals surface area contributed by atoms with Crippen molar-refractivity contribution in [2.24, 2.45) is 5.73 Å². The molecule has 0 heterocycles. The van der Waals surface area contributed by atoms with Gasteiger partial charge >= 0.3 is 6.18 Å². The maximum atomic E-state index is 12.7. The molecule has 0 amide bonds. The molecule has 0 spiro atoms. The molecule has 0 saturated carbocycles. The van der Waals surface area contributed by atoms with Gasteiger partial charge in [0.15, 0.2) is 0 Å². The van der Waals surface area contributed by atoms with E-state index in [1.807, 2.05) is 12.1 Å². The summed E-state index contributed by atoms with van der Waals surface area (Å²) in [6.45, 7) is 0.541. The van der Waals surface area contributed by atoms with Crippen LogP contribution in [0.25, 0.3) is 0 Å². The number of alkyl halides is 3. The molecule has 2 nitrogen and oxygen atoms in total. The van der Waals surface area contributed by atoms with Gasteiger partial charge in [-0.1, -0.05) is 28.1 Å². The molecule has 22 heavy (non-hydrogen) atoms. The molecule has 0 aliphatic carbocycles. The van der Waals surface area contributed by atoms with E-state index in [0.717, 1.165) is 22.2 Å². The SMILES string of the molecule is NCCc1cc(Br)ccc1OCc1cccc(C(F)(F)F)c1. The second-order valence-electron chi connectivity index (χ2n) is 4.78. The number of hydrogen-bond donors (Lipinski definition) is 1. The number of hydrogen-bond acceptors (Lipinski definition) is 2. The fourth-order valence-electron chi connectivity index (χ4n) is 2.04. The fourth-order valence-corrected chi connectivity index (χ4v) is 2.45. The summed E-state index contributed by atoms with van der Waals surface area (Å²) in [5, 5.41) is 0. The quantitative estimate of drug-likeness (QED) is 0.834. The lowest BCUT2D eigenvalue weighted by Gasteiger charge is -2.13. The Morgan fingerprint density at radius 2 is 1.86 bits per heavy atom. The van der Waals surface area contributed by atoms with Gasteiger partial charge < -0.3 is 10.5 Å². The molecule has 0 atom stereocenters. The van der Waals surface area contributed by atoms with E-state index in [0.29, 0.717) is 24.3 Å². The molecule has 118 valence electrons. The Hall–Kier alpha value is -1.53. The molecule has 0 bridgehead atoms. The minimum atomic E-state index is -4.35. The lowest BCUT2D eigenvalue weighted by molar-refractivity contribution is -0.137. The predicted molar refractivity (Wildman–Crippen MR) is 82.7 cm³/mol. The first kappa shape index (κ1) is 16.8. The van der Waals surface area contributed by atoms with E-state index in [4.69, 9.17) is 10.5 Å². The van der Waals surface area contributed by atoms with E-state index in [9.17, 15) is 13.2 Å². The molecule has 2 rings (SSSR count). The number of benzene rings is 2. The summed E-state index contributed by atoms with van der Waals surface area (Å²) < 4.78 is 44.6. The lowest BCUT2D eigenvalue weighted by atomic mass is 10.1. The molecule has 0 fully saturated rings. The summed E-state index contributed by atoms with van der Waals surface area (Å²) in [4.78, 5) is 0. The van der Waals surface area contributed by atoms with Gasteiger partial charge in [0.05, 0.1) is 5.56 Å². The zero-order chi connectivity index (χ0) is 16.2. The van der Waals surface area contributed by atoms with Gasteiger partial charge in [-0.05, 0) is 54.4 Å². The topological polar surface area (TPSA) is 35.2 Å². The van der Waals surface area contributed by atoms with E-state index in [-0.39, 0.29) is 6.61 Å². The summed E-state index contributed by atoms with van der Waals surface area (Å²) in [6, 6.07) is 10.6. The van der Waals surface area contributed by atoms with Crippen LogP contribution in [-0.4, -0.2) is 6.54 Å². The molecule has 0 radical (unpaired) electrons. The van der Waals surface area contributed by atoms with E-state index in [2.05, 4.69) is 15.9 Å². The highest BCUT2D eigenvalue weighted by Crippen LogP contribution is 2.30. The van der Waals surface area contributed by atoms with Crippen LogP contribution in [0.2, 0.25) is 0 Å². The second-order valence-corrected chi connectivity index (χ2v) is 5.69. The average Bonchev–Trinajstić information content (AvgIpc) is 2.46. The van der Waals surface area contributed by atoms with Gasteiger partial charge in [-0.2, -0.15) is 13.2 Å². The smallest absolute Gasteiger partial charge is 0.416 e. The van der Waals surface area contributed by atoms with Crippen LogP contribution in [-0.2, 0) is 19.2 Å². The number of nitrogens with two attached hydrogens (primary N) is 1. The van der Waals surface area contributed by atoms with Crippen LogP contribution in [0.4, 0.5) is 13.2 Å². The molecule has 0 saturated heterocycles. The maximum Gasteiger partial charge on any atom is 0.416 e. The third-order valence-corrected chi connectivity index (χ3v) is 3.58. The standard InChI is InChI=1S/C16H15BrF3NO/c17-14-4-5-15(12(9-14)6-7-21)22-10-11-2-1-3-13(8-11)16(18,19)20/h1-5,8-9H,6-7,10,21H2. The lowest BCUT2D eigenvalue weighted by Crippen LogP contribution is -2.07. The highest BCUT2D eigenvalue weighted by atomic mass is 79.9. The third kappa shape index (κ3) is 4.48. The number of halogens is 4. The number of ether oxygens (including phenoxy) is 1. The molecule has 0 aliphatic heterocycles. The van der Waals surface area contributed by atoms with Crippen molar-refractivity contribution in [2.45, 2.75) is 19.2 Å². The van der Waals surface area contributed by atoms with Crippen LogP contribution in [0, 0.1) is 0 Å². The van der Waals surface area contributed by atoms with E-state index in [1.54, 1.807) is 12.1 Å². The Kier molecular flexibility index (Phi) is 5.47. The van der Waals surface area contributed by atoms with Crippen molar-refractivity contribution in [1.82, 2.24) is 0 Å². The van der Waals surface area contributed by atoms with E-state index < -0.39 is 11.7 Å². The first-order chi connectivity index (χ1) is 10.4. The van der Waals surface area contributed by atoms with Crippen LogP contribution >= 0.6 is 15.9 Å². The summed E-state index contributed by atoms with van der Waals surface area (Å²) in [5.41, 5.74) is 6.27. The Morgan fingerprint density at radius 1 is 1.09 bits per heavy atom. The molecular formula is C16H15BrF3NO. The van der Waals surface area contributed by atoms with Gasteiger partial charge in [0.25, 0.3) is 0 Å². The molecule has 0 unspecified atom stereocenters. The Bertz CT molecular complexity index is 644. The van der Waals surface area contributed by atoms with Crippen molar-refractivity contribution in [3.63, 3.8) is 0 Å². The highest BCUT2D eigenvalue weighted by molar-refractivity contribution is 9.10. The van der Waals surface area contributed by atoms with Crippen LogP contribution in [0.3, 0.4) is 0 Å². The zero-order valence-corrected chi connectivity index (χ0v) is 13.2. The molecule has 6 heteroatoms. The largest absolute Gasteiger partial charge is 0.489 e. The summed E-state index contributed by atoms with van der Waals surface area (Å²) in [6.07, 6.45) is -3.71. The van der Waals surface area contributed by atoms with E-state index >= 15 is 0 Å². The van der Waals surface area contributed by atoms with Crippen LogP contribution in [0.15, 0.2) is 46.9 Å². The predicted octanol–water partition coefficient (Wildman–Crippen LogP) is 4.55. The third-order valence-electron chi connectivity index (χ3n) is 3.08. The normalized spacial score (nSPS) is 11.5. The molecule has 0 aliphatic rings. The molecule has 0 aromatic heterocycles. The van der Waals surface area contributed by atoms with Crippen molar-refractivity contribution < 1.29 is 17.9 Å². The minimum absolute atomic E-state index is 0.0725. The van der Waals surface area contributed by atoms with Crippen molar-refractivity contribution in [3.05, 3.63) is 63.6 Å². The van der Waals surface area contributed by atoms with Crippen LogP contribution < -0.4 is 10.5 Å². The first-order valence-electron chi connectivity index (χ1n) is 6.67. The van der Waals surface area contributed by atoms with Crippen LogP contribution in [0.1, 0.15) is 16.7 Å². The fraction of sp³-hybridized carbons (Fsp3) is 0.250. The van der Waals surface area contributed by atoms with Gasteiger partial charge in [0, 0.05) is 4.47 Å². The van der Waals surface area contributed by atoms with E-state index in [1.165, 1.54) is 6.07 Å². The van der Waals surface area contributed by atoms with Crippen molar-refractivity contribution in [3.8, 4) is 5.75 Å². The Balaban J connectivity index is 2.13. The second kappa shape index (κ2) is 7.15. The van der Waals surface area contributed by atoms with Crippen molar-refractivity contribution >= 4 is 15.9 Å². The summed E-state index contributed by atoms with van der Waals surface area (Å²) in [5.74, 6) is 0.631. The molecule has 2 aromatic rings. The monoisotopic (exact) mass is 373 g/mol. The summed E-state index contributed by atoms with van der Waals surface area (Å²) >= 11 is 3.37. The van der Waals surface area contributed by atoms with Gasteiger partial charge in [0.1, 0.15) is 12.4 Å².